The molecule has 0 fully saturated rings. The van der Waals surface area contributed by atoms with Gasteiger partial charge in [0.2, 0.25) is 0 Å². The molecule has 0 atom stereocenters. The van der Waals surface area contributed by atoms with Crippen molar-refractivity contribution in [3.63, 3.8) is 0 Å². The molecule has 0 unspecified atom stereocenters. The van der Waals surface area contributed by atoms with Crippen LogP contribution in [0.3, 0.4) is 0 Å². The summed E-state index contributed by atoms with van der Waals surface area (Å²) < 4.78 is 11.3. The molecule has 3 nitrogen and oxygen atoms in total. The molecule has 2 rings (SSSR count). The monoisotopic (exact) mass is 329 g/mol. The van der Waals surface area contributed by atoms with E-state index in [1.807, 2.05) is 31.2 Å². The van der Waals surface area contributed by atoms with Crippen molar-refractivity contribution >= 4 is 22.9 Å². The molecule has 0 amide bonds. The number of methoxy groups -OCH3 is 1. The minimum atomic E-state index is 0.475. The van der Waals surface area contributed by atoms with Crippen LogP contribution in [0.4, 0.5) is 5.69 Å². The normalized spacial score (nSPS) is 10.3. The molecule has 0 bridgehead atoms. The van der Waals surface area contributed by atoms with E-state index in [1.54, 1.807) is 7.11 Å². The summed E-state index contributed by atoms with van der Waals surface area (Å²) in [4.78, 5) is 0.797. The molecule has 2 aromatic rings. The summed E-state index contributed by atoms with van der Waals surface area (Å²) in [5.74, 6) is 1.69. The van der Waals surface area contributed by atoms with E-state index in [4.69, 9.17) is 21.7 Å². The zero-order valence-electron chi connectivity index (χ0n) is 14.1. The lowest BCUT2D eigenvalue weighted by atomic mass is 10.1. The Morgan fingerprint density at radius 1 is 1.13 bits per heavy atom. The highest BCUT2D eigenvalue weighted by atomic mass is 32.1. The first-order valence-corrected chi connectivity index (χ1v) is 8.11. The number of rotatable bonds is 6. The van der Waals surface area contributed by atoms with Crippen LogP contribution in [0.5, 0.6) is 11.5 Å². The van der Waals surface area contributed by atoms with Gasteiger partial charge in [-0.15, -0.1) is 0 Å². The lowest BCUT2D eigenvalue weighted by molar-refractivity contribution is 0.304. The highest BCUT2D eigenvalue weighted by Gasteiger charge is 2.08. The van der Waals surface area contributed by atoms with Crippen LogP contribution in [0.25, 0.3) is 0 Å². The number of ether oxygens (including phenoxy) is 2. The molecule has 0 saturated carbocycles. The van der Waals surface area contributed by atoms with Gasteiger partial charge in [-0.2, -0.15) is 0 Å². The van der Waals surface area contributed by atoms with Crippen LogP contribution >= 0.6 is 12.2 Å². The molecule has 0 aromatic heterocycles. The Bertz CT molecular complexity index is 698. The Morgan fingerprint density at radius 3 is 2.57 bits per heavy atom. The Kier molecular flexibility index (Phi) is 5.99. The van der Waals surface area contributed by atoms with Crippen molar-refractivity contribution in [3.8, 4) is 11.5 Å². The number of aryl methyl sites for hydroxylation is 2. The third-order valence-electron chi connectivity index (χ3n) is 3.63. The lowest BCUT2D eigenvalue weighted by Gasteiger charge is -2.15. The van der Waals surface area contributed by atoms with Gasteiger partial charge < -0.3 is 14.8 Å². The Hall–Kier alpha value is -2.07. The topological polar surface area (TPSA) is 30.5 Å². The number of nitrogens with one attached hydrogen (secondary N) is 1. The molecule has 0 aliphatic heterocycles. The van der Waals surface area contributed by atoms with E-state index in [2.05, 4.69) is 31.3 Å². The number of anilines is 1. The van der Waals surface area contributed by atoms with Crippen LogP contribution in [-0.4, -0.2) is 12.1 Å². The van der Waals surface area contributed by atoms with Crippen LogP contribution < -0.4 is 14.8 Å². The van der Waals surface area contributed by atoms with E-state index in [1.165, 1.54) is 5.56 Å². The first-order valence-electron chi connectivity index (χ1n) is 7.70. The average Bonchev–Trinajstić information content (AvgIpc) is 2.54. The number of benzene rings is 2. The lowest BCUT2D eigenvalue weighted by Crippen LogP contribution is -2.10. The fraction of sp³-hybridized carbons (Fsp3) is 0.316. The second-order valence-corrected chi connectivity index (χ2v) is 5.98. The number of hydrogen-bond donors (Lipinski definition) is 1. The van der Waals surface area contributed by atoms with Crippen molar-refractivity contribution in [1.82, 2.24) is 0 Å². The number of thiocarbonyl (C=S) groups is 1. The highest BCUT2D eigenvalue weighted by molar-refractivity contribution is 7.80. The third-order valence-corrected chi connectivity index (χ3v) is 4.02. The van der Waals surface area contributed by atoms with Gasteiger partial charge in [-0.05, 0) is 44.0 Å². The fourth-order valence-corrected chi connectivity index (χ4v) is 2.39. The van der Waals surface area contributed by atoms with E-state index < -0.39 is 0 Å². The van der Waals surface area contributed by atoms with E-state index in [0.717, 1.165) is 39.7 Å². The van der Waals surface area contributed by atoms with Crippen molar-refractivity contribution in [2.24, 2.45) is 0 Å². The summed E-state index contributed by atoms with van der Waals surface area (Å²) in [6.45, 7) is 6.64. The standard InChI is InChI=1S/C19H23NO2S/c1-5-19(23)20-17-11-16(21-4)8-7-15(17)12-22-18-9-6-13(2)10-14(18)3/h6-11H,5,12H2,1-4H3,(H,20,23). The predicted molar refractivity (Wildman–Crippen MR) is 99.8 cm³/mol. The number of hydrogen-bond acceptors (Lipinski definition) is 3. The largest absolute Gasteiger partial charge is 0.497 e. The van der Waals surface area contributed by atoms with Gasteiger partial charge in [0.05, 0.1) is 12.1 Å². The molecule has 0 aliphatic carbocycles. The molecule has 0 radical (unpaired) electrons. The second kappa shape index (κ2) is 7.97. The molecule has 0 aliphatic rings. The Balaban J connectivity index is 2.19. The van der Waals surface area contributed by atoms with Gasteiger partial charge in [-0.25, -0.2) is 0 Å². The molecule has 23 heavy (non-hydrogen) atoms. The molecule has 0 saturated heterocycles. The smallest absolute Gasteiger partial charge is 0.122 e. The Labute approximate surface area is 143 Å². The van der Waals surface area contributed by atoms with E-state index in [0.29, 0.717) is 6.61 Å². The van der Waals surface area contributed by atoms with Crippen LogP contribution in [0.1, 0.15) is 30.0 Å². The van der Waals surface area contributed by atoms with Gasteiger partial charge in [-0.3, -0.25) is 0 Å². The predicted octanol–water partition coefficient (Wildman–Crippen LogP) is 5.04. The first kappa shape index (κ1) is 17.3. The highest BCUT2D eigenvalue weighted by Crippen LogP contribution is 2.26. The maximum Gasteiger partial charge on any atom is 0.122 e. The molecule has 122 valence electrons. The zero-order chi connectivity index (χ0) is 16.8. The van der Waals surface area contributed by atoms with Crippen molar-refractivity contribution < 1.29 is 9.47 Å². The minimum absolute atomic E-state index is 0.475. The van der Waals surface area contributed by atoms with Crippen LogP contribution in [0.2, 0.25) is 0 Å². The summed E-state index contributed by atoms with van der Waals surface area (Å²) in [6.07, 6.45) is 0.796. The maximum atomic E-state index is 5.98. The van der Waals surface area contributed by atoms with Gasteiger partial charge in [-0.1, -0.05) is 36.8 Å². The quantitative estimate of drug-likeness (QED) is 0.752. The van der Waals surface area contributed by atoms with E-state index in [-0.39, 0.29) is 0 Å². The zero-order valence-corrected chi connectivity index (χ0v) is 14.9. The van der Waals surface area contributed by atoms with Crippen molar-refractivity contribution in [2.75, 3.05) is 12.4 Å². The van der Waals surface area contributed by atoms with Gasteiger partial charge in [0.1, 0.15) is 18.1 Å². The summed E-state index contributed by atoms with van der Waals surface area (Å²) >= 11 is 5.30. The summed E-state index contributed by atoms with van der Waals surface area (Å²) in [5, 5.41) is 3.27. The van der Waals surface area contributed by atoms with Crippen molar-refractivity contribution in [1.29, 1.82) is 0 Å². The summed E-state index contributed by atoms with van der Waals surface area (Å²) in [5.41, 5.74) is 4.34. The molecule has 0 heterocycles. The average molecular weight is 329 g/mol. The van der Waals surface area contributed by atoms with Crippen molar-refractivity contribution in [3.05, 3.63) is 53.1 Å². The fourth-order valence-electron chi connectivity index (χ4n) is 2.28. The molecular weight excluding hydrogens is 306 g/mol. The van der Waals surface area contributed by atoms with Gasteiger partial charge in [0.25, 0.3) is 0 Å². The SMILES string of the molecule is CCC(=S)Nc1cc(OC)ccc1COc1ccc(C)cc1C. The molecule has 1 N–H and O–H groups in total. The summed E-state index contributed by atoms with van der Waals surface area (Å²) in [6, 6.07) is 12.1. The molecular formula is C19H23NO2S. The maximum absolute atomic E-state index is 5.98. The summed E-state index contributed by atoms with van der Waals surface area (Å²) in [7, 11) is 1.66. The third kappa shape index (κ3) is 4.70. The van der Waals surface area contributed by atoms with Gasteiger partial charge in [0.15, 0.2) is 0 Å². The van der Waals surface area contributed by atoms with Crippen LogP contribution in [-0.2, 0) is 6.61 Å². The molecule has 4 heteroatoms. The minimum Gasteiger partial charge on any atom is -0.497 e. The van der Waals surface area contributed by atoms with Gasteiger partial charge >= 0.3 is 0 Å². The van der Waals surface area contributed by atoms with E-state index >= 15 is 0 Å². The molecule has 0 spiro atoms. The second-order valence-electron chi connectivity index (χ2n) is 5.48. The van der Waals surface area contributed by atoms with E-state index in [9.17, 15) is 0 Å². The molecule has 2 aromatic carbocycles. The van der Waals surface area contributed by atoms with Crippen molar-refractivity contribution in [2.45, 2.75) is 33.8 Å². The van der Waals surface area contributed by atoms with Crippen LogP contribution in [0.15, 0.2) is 36.4 Å². The Morgan fingerprint density at radius 2 is 1.91 bits per heavy atom. The first-order chi connectivity index (χ1) is 11.0. The van der Waals surface area contributed by atoms with Gasteiger partial charge in [0, 0.05) is 17.3 Å². The van der Waals surface area contributed by atoms with Crippen LogP contribution in [0, 0.1) is 13.8 Å².